The molecule has 3 rings (SSSR count). The minimum atomic E-state index is -0.307. The maximum absolute atomic E-state index is 11.2. The van der Waals surface area contributed by atoms with Crippen molar-refractivity contribution in [1.29, 1.82) is 0 Å². The summed E-state index contributed by atoms with van der Waals surface area (Å²) in [7, 11) is 1.36. The Kier molecular flexibility index (Phi) is 4.24. The molecule has 7 nitrogen and oxygen atoms in total. The maximum atomic E-state index is 11.2. The van der Waals surface area contributed by atoms with Crippen LogP contribution in [0.1, 0.15) is 17.0 Å². The zero-order chi connectivity index (χ0) is 15.4. The van der Waals surface area contributed by atoms with Gasteiger partial charge in [0.05, 0.1) is 36.8 Å². The zero-order valence-electron chi connectivity index (χ0n) is 12.3. The van der Waals surface area contributed by atoms with E-state index in [1.165, 1.54) is 12.7 Å². The van der Waals surface area contributed by atoms with Crippen LogP contribution in [0.3, 0.4) is 0 Å². The zero-order valence-corrected chi connectivity index (χ0v) is 12.3. The molecule has 1 aliphatic rings. The molecule has 3 heterocycles. The van der Waals surface area contributed by atoms with Crippen molar-refractivity contribution in [2.24, 2.45) is 0 Å². The first kappa shape index (κ1) is 14.4. The summed E-state index contributed by atoms with van der Waals surface area (Å²) >= 11 is 0. The molecule has 2 N–H and O–H groups in total. The van der Waals surface area contributed by atoms with Gasteiger partial charge in [0.25, 0.3) is 0 Å². The number of esters is 1. The van der Waals surface area contributed by atoms with E-state index >= 15 is 0 Å². The van der Waals surface area contributed by atoms with Crippen LogP contribution in [0, 0.1) is 0 Å². The highest BCUT2D eigenvalue weighted by Gasteiger charge is 2.11. The molecule has 22 heavy (non-hydrogen) atoms. The summed E-state index contributed by atoms with van der Waals surface area (Å²) in [5, 5.41) is 6.41. The van der Waals surface area contributed by atoms with Crippen molar-refractivity contribution in [3.05, 3.63) is 41.5 Å². The molecule has 114 valence electrons. The van der Waals surface area contributed by atoms with Crippen molar-refractivity contribution in [1.82, 2.24) is 20.3 Å². The molecule has 0 aliphatic carbocycles. The van der Waals surface area contributed by atoms with Gasteiger partial charge in [0.15, 0.2) is 0 Å². The van der Waals surface area contributed by atoms with Crippen LogP contribution in [0.25, 0.3) is 0 Å². The molecule has 0 atom stereocenters. The van der Waals surface area contributed by atoms with Crippen molar-refractivity contribution in [3.8, 4) is 0 Å². The van der Waals surface area contributed by atoms with E-state index in [9.17, 15) is 4.79 Å². The first-order chi connectivity index (χ1) is 10.7. The Morgan fingerprint density at radius 3 is 3.05 bits per heavy atom. The number of rotatable bonds is 4. The van der Waals surface area contributed by atoms with E-state index in [0.29, 0.717) is 11.6 Å². The van der Waals surface area contributed by atoms with Gasteiger partial charge in [0.2, 0.25) is 5.95 Å². The molecule has 0 saturated carbocycles. The van der Waals surface area contributed by atoms with Crippen LogP contribution in [0.5, 0.6) is 0 Å². The van der Waals surface area contributed by atoms with Gasteiger partial charge >= 0.3 is 5.97 Å². The van der Waals surface area contributed by atoms with E-state index in [4.69, 9.17) is 0 Å². The second kappa shape index (κ2) is 6.48. The number of nitrogens with zero attached hydrogens (tertiary/aromatic N) is 3. The van der Waals surface area contributed by atoms with Gasteiger partial charge in [-0.1, -0.05) is 0 Å². The smallest absolute Gasteiger partial charge is 0.311 e. The molecule has 1 aliphatic heterocycles. The van der Waals surface area contributed by atoms with Gasteiger partial charge in [-0.3, -0.25) is 9.78 Å². The highest BCUT2D eigenvalue weighted by Crippen LogP contribution is 2.16. The standard InChI is InChI=1S/C15H17N5O2/c1-22-14(21)6-11-2-3-12(8-17-11)19-15-18-7-10-4-5-16-9-13(10)20-15/h2-3,7-8,16H,4-6,9H2,1H3,(H,18,19,20). The first-order valence-corrected chi connectivity index (χ1v) is 7.09. The lowest BCUT2D eigenvalue weighted by atomic mass is 10.1. The topological polar surface area (TPSA) is 89.0 Å². The molecule has 2 aromatic rings. The summed E-state index contributed by atoms with van der Waals surface area (Å²) in [6.07, 6.45) is 4.64. The lowest BCUT2D eigenvalue weighted by molar-refractivity contribution is -0.139. The second-order valence-electron chi connectivity index (χ2n) is 5.01. The van der Waals surface area contributed by atoms with Gasteiger partial charge in [-0.25, -0.2) is 9.97 Å². The lowest BCUT2D eigenvalue weighted by Gasteiger charge is -2.16. The van der Waals surface area contributed by atoms with E-state index in [0.717, 1.165) is 30.9 Å². The minimum absolute atomic E-state index is 0.164. The third-order valence-corrected chi connectivity index (χ3v) is 3.45. The summed E-state index contributed by atoms with van der Waals surface area (Å²) in [6.45, 7) is 1.73. The fraction of sp³-hybridized carbons (Fsp3) is 0.333. The summed E-state index contributed by atoms with van der Waals surface area (Å²) in [5.41, 5.74) is 3.65. The molecule has 2 aromatic heterocycles. The average molecular weight is 299 g/mol. The van der Waals surface area contributed by atoms with Crippen molar-refractivity contribution in [3.63, 3.8) is 0 Å². The number of pyridine rings is 1. The average Bonchev–Trinajstić information content (AvgIpc) is 2.56. The second-order valence-corrected chi connectivity index (χ2v) is 5.01. The van der Waals surface area contributed by atoms with Gasteiger partial charge < -0.3 is 15.4 Å². The largest absolute Gasteiger partial charge is 0.469 e. The Balaban J connectivity index is 1.69. The fourth-order valence-electron chi connectivity index (χ4n) is 2.25. The molecule has 0 saturated heterocycles. The predicted octanol–water partition coefficient (Wildman–Crippen LogP) is 0.976. The van der Waals surface area contributed by atoms with Crippen LogP contribution in [-0.4, -0.2) is 34.6 Å². The third-order valence-electron chi connectivity index (χ3n) is 3.45. The molecule has 0 aromatic carbocycles. The molecule has 0 unspecified atom stereocenters. The van der Waals surface area contributed by atoms with Crippen molar-refractivity contribution >= 4 is 17.6 Å². The Bertz CT molecular complexity index is 672. The van der Waals surface area contributed by atoms with E-state index in [-0.39, 0.29) is 12.4 Å². The van der Waals surface area contributed by atoms with Gasteiger partial charge in [0, 0.05) is 12.7 Å². The number of hydrogen-bond acceptors (Lipinski definition) is 7. The van der Waals surface area contributed by atoms with Crippen LogP contribution in [-0.2, 0) is 28.9 Å². The van der Waals surface area contributed by atoms with E-state index in [1.807, 2.05) is 12.3 Å². The first-order valence-electron chi connectivity index (χ1n) is 7.09. The summed E-state index contributed by atoms with van der Waals surface area (Å²) in [5.74, 6) is 0.240. The van der Waals surface area contributed by atoms with E-state index < -0.39 is 0 Å². The SMILES string of the molecule is COC(=O)Cc1ccc(Nc2ncc3c(n2)CNCC3)cn1. The number of anilines is 2. The minimum Gasteiger partial charge on any atom is -0.469 e. The Hall–Kier alpha value is -2.54. The number of ether oxygens (including phenoxy) is 1. The summed E-state index contributed by atoms with van der Waals surface area (Å²) < 4.78 is 4.61. The monoisotopic (exact) mass is 299 g/mol. The number of nitrogens with one attached hydrogen (secondary N) is 2. The normalized spacial score (nSPS) is 13.3. The predicted molar refractivity (Wildman–Crippen MR) is 80.7 cm³/mol. The summed E-state index contributed by atoms with van der Waals surface area (Å²) in [4.78, 5) is 24.2. The van der Waals surface area contributed by atoms with E-state index in [2.05, 4.69) is 30.3 Å². The molecule has 7 heteroatoms. The van der Waals surface area contributed by atoms with Gasteiger partial charge in [-0.2, -0.15) is 0 Å². The van der Waals surface area contributed by atoms with Gasteiger partial charge in [-0.15, -0.1) is 0 Å². The highest BCUT2D eigenvalue weighted by molar-refractivity contribution is 5.71. The number of methoxy groups -OCH3 is 1. The Morgan fingerprint density at radius 2 is 2.27 bits per heavy atom. The molecular weight excluding hydrogens is 282 g/mol. The van der Waals surface area contributed by atoms with Crippen LogP contribution < -0.4 is 10.6 Å². The summed E-state index contributed by atoms with van der Waals surface area (Å²) in [6, 6.07) is 3.62. The van der Waals surface area contributed by atoms with Gasteiger partial charge in [0.1, 0.15) is 0 Å². The van der Waals surface area contributed by atoms with Crippen molar-refractivity contribution in [2.45, 2.75) is 19.4 Å². The lowest BCUT2D eigenvalue weighted by Crippen LogP contribution is -2.25. The fourth-order valence-corrected chi connectivity index (χ4v) is 2.25. The number of carbonyl (C=O) groups excluding carboxylic acids is 1. The number of carbonyl (C=O) groups is 1. The Labute approximate surface area is 128 Å². The quantitative estimate of drug-likeness (QED) is 0.813. The van der Waals surface area contributed by atoms with Crippen LogP contribution in [0.2, 0.25) is 0 Å². The maximum Gasteiger partial charge on any atom is 0.311 e. The number of hydrogen-bond donors (Lipinski definition) is 2. The Morgan fingerprint density at radius 1 is 1.36 bits per heavy atom. The molecule has 0 bridgehead atoms. The van der Waals surface area contributed by atoms with Crippen molar-refractivity contribution < 1.29 is 9.53 Å². The molecule has 0 fully saturated rings. The molecule has 0 amide bonds. The van der Waals surface area contributed by atoms with Crippen molar-refractivity contribution in [2.75, 3.05) is 19.0 Å². The number of fused-ring (bicyclic) bond motifs is 1. The molecule has 0 radical (unpaired) electrons. The molecule has 0 spiro atoms. The van der Waals surface area contributed by atoms with Crippen LogP contribution in [0.15, 0.2) is 24.5 Å². The van der Waals surface area contributed by atoms with Crippen LogP contribution in [0.4, 0.5) is 11.6 Å². The van der Waals surface area contributed by atoms with E-state index in [1.54, 1.807) is 12.3 Å². The van der Waals surface area contributed by atoms with Crippen LogP contribution >= 0.6 is 0 Å². The third kappa shape index (κ3) is 3.37. The highest BCUT2D eigenvalue weighted by atomic mass is 16.5. The molecular formula is C15H17N5O2. The van der Waals surface area contributed by atoms with Gasteiger partial charge in [-0.05, 0) is 30.7 Å². The number of aromatic nitrogens is 3.